The van der Waals surface area contributed by atoms with E-state index in [1.807, 2.05) is 0 Å². The third-order valence-electron chi connectivity index (χ3n) is 4.50. The summed E-state index contributed by atoms with van der Waals surface area (Å²) in [6.45, 7) is 12.0. The number of benzene rings is 1. The molecule has 0 N–H and O–H groups in total. The quantitative estimate of drug-likeness (QED) is 0.655. The molecule has 0 heteroatoms. The van der Waals surface area contributed by atoms with Crippen LogP contribution in [0.15, 0.2) is 24.3 Å². The van der Waals surface area contributed by atoms with Crippen LogP contribution in [0.2, 0.25) is 0 Å². The molecule has 17 heavy (non-hydrogen) atoms. The number of hydrogen-bond acceptors (Lipinski definition) is 0. The molecule has 1 aromatic rings. The van der Waals surface area contributed by atoms with Crippen LogP contribution in [-0.4, -0.2) is 0 Å². The van der Waals surface area contributed by atoms with Gasteiger partial charge in [0.15, 0.2) is 0 Å². The molecule has 2 rings (SSSR count). The van der Waals surface area contributed by atoms with Crippen LogP contribution >= 0.6 is 0 Å². The van der Waals surface area contributed by atoms with Crippen LogP contribution in [0, 0.1) is 23.2 Å². The van der Waals surface area contributed by atoms with Crippen molar-refractivity contribution in [1.82, 2.24) is 0 Å². The minimum absolute atomic E-state index is 0.419. The lowest BCUT2D eigenvalue weighted by atomic mass is 9.62. The number of rotatable bonds is 1. The van der Waals surface area contributed by atoms with Crippen molar-refractivity contribution >= 4 is 0 Å². The van der Waals surface area contributed by atoms with Gasteiger partial charge in [0.05, 0.1) is 0 Å². The summed E-state index contributed by atoms with van der Waals surface area (Å²) in [7, 11) is 0. The van der Waals surface area contributed by atoms with Crippen LogP contribution in [0.5, 0.6) is 0 Å². The minimum Gasteiger partial charge on any atom is -0.0625 e. The van der Waals surface area contributed by atoms with Gasteiger partial charge in [-0.25, -0.2) is 0 Å². The molecule has 0 saturated carbocycles. The first kappa shape index (κ1) is 12.7. The third-order valence-corrected chi connectivity index (χ3v) is 4.50. The molecular formula is C17H26. The Morgan fingerprint density at radius 1 is 1.00 bits per heavy atom. The summed E-state index contributed by atoms with van der Waals surface area (Å²) in [5, 5.41) is 0. The Balaban J connectivity index is 2.35. The second-order valence-corrected chi connectivity index (χ2v) is 7.06. The van der Waals surface area contributed by atoms with Gasteiger partial charge in [0.1, 0.15) is 0 Å². The van der Waals surface area contributed by atoms with E-state index in [0.717, 1.165) is 17.8 Å². The van der Waals surface area contributed by atoms with Gasteiger partial charge in [-0.2, -0.15) is 0 Å². The molecule has 1 aromatic carbocycles. The monoisotopic (exact) mass is 230 g/mol. The van der Waals surface area contributed by atoms with Crippen LogP contribution in [-0.2, 0) is 12.8 Å². The van der Waals surface area contributed by atoms with Crippen LogP contribution < -0.4 is 0 Å². The highest BCUT2D eigenvalue weighted by Gasteiger charge is 2.37. The Kier molecular flexibility index (Phi) is 3.34. The summed E-state index contributed by atoms with van der Waals surface area (Å²) < 4.78 is 0. The van der Waals surface area contributed by atoms with Gasteiger partial charge in [0.2, 0.25) is 0 Å². The molecule has 0 bridgehead atoms. The summed E-state index contributed by atoms with van der Waals surface area (Å²) in [6.07, 6.45) is 2.54. The van der Waals surface area contributed by atoms with Crippen molar-refractivity contribution in [1.29, 1.82) is 0 Å². The van der Waals surface area contributed by atoms with Crippen LogP contribution in [0.25, 0.3) is 0 Å². The van der Waals surface area contributed by atoms with Crippen molar-refractivity contribution < 1.29 is 0 Å². The van der Waals surface area contributed by atoms with E-state index in [0.29, 0.717) is 5.41 Å². The predicted molar refractivity (Wildman–Crippen MR) is 75.1 cm³/mol. The fourth-order valence-corrected chi connectivity index (χ4v) is 3.39. The van der Waals surface area contributed by atoms with E-state index in [1.165, 1.54) is 12.8 Å². The van der Waals surface area contributed by atoms with Gasteiger partial charge in [-0.15, -0.1) is 0 Å². The molecule has 0 aromatic heterocycles. The van der Waals surface area contributed by atoms with Crippen molar-refractivity contribution in [3.63, 3.8) is 0 Å². The Hall–Kier alpha value is -0.780. The molecule has 0 radical (unpaired) electrons. The smallest absolute Gasteiger partial charge is 0.0240 e. The maximum absolute atomic E-state index is 2.40. The lowest BCUT2D eigenvalue weighted by molar-refractivity contribution is 0.111. The number of hydrogen-bond donors (Lipinski definition) is 0. The first-order valence-electron chi connectivity index (χ1n) is 6.96. The molecule has 0 amide bonds. The SMILES string of the molecule is CC(C)C1Cc2ccccc2CC1C(C)(C)C. The molecule has 2 unspecified atom stereocenters. The van der Waals surface area contributed by atoms with Crippen molar-refractivity contribution in [3.8, 4) is 0 Å². The molecule has 2 atom stereocenters. The highest BCUT2D eigenvalue weighted by Crippen LogP contribution is 2.43. The van der Waals surface area contributed by atoms with E-state index < -0.39 is 0 Å². The largest absolute Gasteiger partial charge is 0.0625 e. The molecule has 0 heterocycles. The second-order valence-electron chi connectivity index (χ2n) is 7.06. The normalized spacial score (nSPS) is 24.8. The molecule has 0 nitrogen and oxygen atoms in total. The Morgan fingerprint density at radius 2 is 1.53 bits per heavy atom. The average Bonchev–Trinajstić information content (AvgIpc) is 2.26. The lowest BCUT2D eigenvalue weighted by Gasteiger charge is -2.43. The summed E-state index contributed by atoms with van der Waals surface area (Å²) in [4.78, 5) is 0. The summed E-state index contributed by atoms with van der Waals surface area (Å²) in [5.74, 6) is 2.44. The molecule has 94 valence electrons. The zero-order valence-electron chi connectivity index (χ0n) is 12.0. The van der Waals surface area contributed by atoms with Crippen molar-refractivity contribution in [2.45, 2.75) is 47.5 Å². The summed E-state index contributed by atoms with van der Waals surface area (Å²) in [5.41, 5.74) is 3.60. The molecule has 0 fully saturated rings. The Bertz CT molecular complexity index is 381. The highest BCUT2D eigenvalue weighted by molar-refractivity contribution is 5.31. The zero-order valence-corrected chi connectivity index (χ0v) is 12.0. The van der Waals surface area contributed by atoms with Gasteiger partial charge in [-0.05, 0) is 47.1 Å². The van der Waals surface area contributed by atoms with Gasteiger partial charge in [-0.3, -0.25) is 0 Å². The maximum atomic E-state index is 2.40. The molecule has 0 aliphatic heterocycles. The predicted octanol–water partition coefficient (Wildman–Crippen LogP) is 4.72. The lowest BCUT2D eigenvalue weighted by Crippen LogP contribution is -2.37. The second kappa shape index (κ2) is 4.48. The first-order chi connectivity index (χ1) is 7.89. The van der Waals surface area contributed by atoms with Gasteiger partial charge in [-0.1, -0.05) is 58.9 Å². The zero-order chi connectivity index (χ0) is 12.6. The highest BCUT2D eigenvalue weighted by atomic mass is 14.4. The molecule has 0 spiro atoms. The fraction of sp³-hybridized carbons (Fsp3) is 0.647. The Labute approximate surface area is 106 Å². The third kappa shape index (κ3) is 2.56. The van der Waals surface area contributed by atoms with Gasteiger partial charge >= 0.3 is 0 Å². The standard InChI is InChI=1S/C17H26/c1-12(2)15-10-13-8-6-7-9-14(13)11-16(15)17(3,4)5/h6-9,12,15-16H,10-11H2,1-5H3. The van der Waals surface area contributed by atoms with Crippen LogP contribution in [0.3, 0.4) is 0 Å². The van der Waals surface area contributed by atoms with E-state index in [4.69, 9.17) is 0 Å². The van der Waals surface area contributed by atoms with E-state index in [9.17, 15) is 0 Å². The van der Waals surface area contributed by atoms with Gasteiger partial charge < -0.3 is 0 Å². The molecule has 1 aliphatic carbocycles. The van der Waals surface area contributed by atoms with Crippen LogP contribution in [0.4, 0.5) is 0 Å². The van der Waals surface area contributed by atoms with E-state index in [1.54, 1.807) is 11.1 Å². The van der Waals surface area contributed by atoms with E-state index >= 15 is 0 Å². The fourth-order valence-electron chi connectivity index (χ4n) is 3.39. The van der Waals surface area contributed by atoms with Crippen molar-refractivity contribution in [3.05, 3.63) is 35.4 Å². The molecular weight excluding hydrogens is 204 g/mol. The Morgan fingerprint density at radius 3 is 2.00 bits per heavy atom. The summed E-state index contributed by atoms with van der Waals surface area (Å²) >= 11 is 0. The minimum atomic E-state index is 0.419. The molecule has 1 aliphatic rings. The topological polar surface area (TPSA) is 0 Å². The average molecular weight is 230 g/mol. The number of fused-ring (bicyclic) bond motifs is 1. The van der Waals surface area contributed by atoms with Gasteiger partial charge in [0, 0.05) is 0 Å². The van der Waals surface area contributed by atoms with Crippen molar-refractivity contribution in [2.75, 3.05) is 0 Å². The van der Waals surface area contributed by atoms with Crippen LogP contribution in [0.1, 0.15) is 45.7 Å². The first-order valence-corrected chi connectivity index (χ1v) is 6.96. The van der Waals surface area contributed by atoms with E-state index in [2.05, 4.69) is 58.9 Å². The van der Waals surface area contributed by atoms with Gasteiger partial charge in [0.25, 0.3) is 0 Å². The molecule has 0 saturated heterocycles. The maximum Gasteiger partial charge on any atom is -0.0240 e. The summed E-state index contributed by atoms with van der Waals surface area (Å²) in [6, 6.07) is 9.02. The van der Waals surface area contributed by atoms with E-state index in [-0.39, 0.29) is 0 Å². The van der Waals surface area contributed by atoms with Crippen molar-refractivity contribution in [2.24, 2.45) is 23.2 Å².